The number of hydrogen-bond acceptors (Lipinski definition) is 6. The third-order valence-electron chi connectivity index (χ3n) is 3.95. The van der Waals surface area contributed by atoms with Gasteiger partial charge in [0.05, 0.1) is 0 Å². The Morgan fingerprint density at radius 3 is 2.70 bits per heavy atom. The van der Waals surface area contributed by atoms with Crippen LogP contribution in [0.2, 0.25) is 0 Å². The fourth-order valence-electron chi connectivity index (χ4n) is 2.47. The van der Waals surface area contributed by atoms with Gasteiger partial charge in [0.15, 0.2) is 0 Å². The summed E-state index contributed by atoms with van der Waals surface area (Å²) >= 11 is 0. The molecule has 0 bridgehead atoms. The highest BCUT2D eigenvalue weighted by Crippen LogP contribution is 2.15. The van der Waals surface area contributed by atoms with Gasteiger partial charge in [-0.1, -0.05) is 6.07 Å². The zero-order valence-corrected chi connectivity index (χ0v) is 13.4. The first-order valence-electron chi connectivity index (χ1n) is 7.62. The van der Waals surface area contributed by atoms with Crippen LogP contribution in [-0.4, -0.2) is 59.0 Å². The molecule has 0 saturated carbocycles. The number of aromatic nitrogens is 3. The van der Waals surface area contributed by atoms with E-state index in [1.54, 1.807) is 12.3 Å². The third-order valence-corrected chi connectivity index (χ3v) is 3.95. The first kappa shape index (κ1) is 15.4. The minimum absolute atomic E-state index is 0.274. The Hall–Kier alpha value is -2.54. The minimum Gasteiger partial charge on any atom is -0.354 e. The number of likely N-dealkylation sites (N-methyl/N-ethyl adjacent to an activating group) is 1. The molecular weight excluding hydrogens is 292 g/mol. The highest BCUT2D eigenvalue weighted by molar-refractivity contribution is 6.03. The van der Waals surface area contributed by atoms with Gasteiger partial charge in [0.1, 0.15) is 23.7 Å². The molecule has 1 aliphatic rings. The lowest BCUT2D eigenvalue weighted by Gasteiger charge is -2.33. The molecule has 1 fully saturated rings. The maximum atomic E-state index is 12.4. The van der Waals surface area contributed by atoms with Crippen LogP contribution in [-0.2, 0) is 0 Å². The van der Waals surface area contributed by atoms with Gasteiger partial charge in [0.25, 0.3) is 5.91 Å². The van der Waals surface area contributed by atoms with Crippen LogP contribution in [0, 0.1) is 6.92 Å². The molecule has 0 aliphatic carbocycles. The Bertz CT molecular complexity index is 696. The summed E-state index contributed by atoms with van der Waals surface area (Å²) in [6.07, 6.45) is 3.09. The smallest absolute Gasteiger partial charge is 0.275 e. The quantitative estimate of drug-likeness (QED) is 0.917. The number of carbonyl (C=O) groups excluding carboxylic acids is 1. The summed E-state index contributed by atoms with van der Waals surface area (Å²) in [5.41, 5.74) is 1.26. The average molecular weight is 312 g/mol. The van der Waals surface area contributed by atoms with Crippen LogP contribution in [0.5, 0.6) is 0 Å². The molecule has 2 aromatic rings. The second-order valence-electron chi connectivity index (χ2n) is 5.67. The summed E-state index contributed by atoms with van der Waals surface area (Å²) < 4.78 is 0. The standard InChI is InChI=1S/C16H20N6O/c1-12-4-3-5-17-15(12)20-16(23)13-10-14(19-11-18-13)22-8-6-21(2)7-9-22/h3-5,10-11H,6-9H2,1-2H3,(H,17,20,23). The van der Waals surface area contributed by atoms with E-state index in [-0.39, 0.29) is 5.91 Å². The highest BCUT2D eigenvalue weighted by Gasteiger charge is 2.17. The van der Waals surface area contributed by atoms with E-state index in [2.05, 4.69) is 37.1 Å². The molecule has 1 saturated heterocycles. The second-order valence-corrected chi connectivity index (χ2v) is 5.67. The van der Waals surface area contributed by atoms with Gasteiger partial charge in [-0.05, 0) is 25.6 Å². The molecular formula is C16H20N6O. The summed E-state index contributed by atoms with van der Waals surface area (Å²) in [6, 6.07) is 5.47. The zero-order valence-electron chi connectivity index (χ0n) is 13.4. The maximum Gasteiger partial charge on any atom is 0.275 e. The van der Waals surface area contributed by atoms with Gasteiger partial charge in [-0.2, -0.15) is 0 Å². The molecule has 2 aromatic heterocycles. The largest absolute Gasteiger partial charge is 0.354 e. The molecule has 0 spiro atoms. The number of aryl methyl sites for hydroxylation is 1. The Labute approximate surface area is 135 Å². The molecule has 23 heavy (non-hydrogen) atoms. The maximum absolute atomic E-state index is 12.4. The Morgan fingerprint density at radius 2 is 1.96 bits per heavy atom. The first-order valence-corrected chi connectivity index (χ1v) is 7.62. The van der Waals surface area contributed by atoms with Crippen LogP contribution >= 0.6 is 0 Å². The van der Waals surface area contributed by atoms with Crippen molar-refractivity contribution in [2.75, 3.05) is 43.4 Å². The average Bonchev–Trinajstić information content (AvgIpc) is 2.58. The molecule has 0 radical (unpaired) electrons. The molecule has 3 heterocycles. The zero-order chi connectivity index (χ0) is 16.2. The van der Waals surface area contributed by atoms with E-state index in [1.807, 2.05) is 19.1 Å². The lowest BCUT2D eigenvalue weighted by Crippen LogP contribution is -2.44. The molecule has 1 N–H and O–H groups in total. The Kier molecular flexibility index (Phi) is 4.47. The summed E-state index contributed by atoms with van der Waals surface area (Å²) in [4.78, 5) is 29.4. The SMILES string of the molecule is Cc1cccnc1NC(=O)c1cc(N2CCN(C)CC2)ncn1. The van der Waals surface area contributed by atoms with Crippen LogP contribution in [0.1, 0.15) is 16.1 Å². The van der Waals surface area contributed by atoms with Crippen molar-refractivity contribution in [3.8, 4) is 0 Å². The van der Waals surface area contributed by atoms with Gasteiger partial charge < -0.3 is 15.1 Å². The van der Waals surface area contributed by atoms with Gasteiger partial charge in [0, 0.05) is 38.4 Å². The molecule has 3 rings (SSSR count). The minimum atomic E-state index is -0.274. The van der Waals surface area contributed by atoms with Crippen molar-refractivity contribution in [3.63, 3.8) is 0 Å². The number of nitrogens with one attached hydrogen (secondary N) is 1. The monoisotopic (exact) mass is 312 g/mol. The van der Waals surface area contributed by atoms with Crippen LogP contribution in [0.15, 0.2) is 30.7 Å². The van der Waals surface area contributed by atoms with Crippen molar-refractivity contribution >= 4 is 17.5 Å². The number of rotatable bonds is 3. The summed E-state index contributed by atoms with van der Waals surface area (Å²) in [6.45, 7) is 5.66. The molecule has 0 aromatic carbocycles. The molecule has 7 nitrogen and oxygen atoms in total. The molecule has 0 atom stereocenters. The lowest BCUT2D eigenvalue weighted by atomic mass is 10.2. The number of amides is 1. The summed E-state index contributed by atoms with van der Waals surface area (Å²) in [5.74, 6) is 1.07. The van der Waals surface area contributed by atoms with Crippen LogP contribution in [0.25, 0.3) is 0 Å². The predicted octanol–water partition coefficient (Wildman–Crippen LogP) is 1.18. The normalized spacial score (nSPS) is 15.5. The van der Waals surface area contributed by atoms with E-state index < -0.39 is 0 Å². The van der Waals surface area contributed by atoms with Crippen LogP contribution in [0.4, 0.5) is 11.6 Å². The van der Waals surface area contributed by atoms with Gasteiger partial charge in [-0.15, -0.1) is 0 Å². The lowest BCUT2D eigenvalue weighted by molar-refractivity contribution is 0.102. The highest BCUT2D eigenvalue weighted by atomic mass is 16.1. The number of nitrogens with zero attached hydrogens (tertiary/aromatic N) is 5. The van der Waals surface area contributed by atoms with Crippen molar-refractivity contribution in [3.05, 3.63) is 42.0 Å². The number of carbonyl (C=O) groups is 1. The van der Waals surface area contributed by atoms with E-state index in [0.717, 1.165) is 37.6 Å². The number of hydrogen-bond donors (Lipinski definition) is 1. The van der Waals surface area contributed by atoms with Gasteiger partial charge in [-0.3, -0.25) is 4.79 Å². The van der Waals surface area contributed by atoms with E-state index >= 15 is 0 Å². The molecule has 120 valence electrons. The molecule has 1 aliphatic heterocycles. The summed E-state index contributed by atoms with van der Waals surface area (Å²) in [7, 11) is 2.10. The van der Waals surface area contributed by atoms with Crippen molar-refractivity contribution < 1.29 is 4.79 Å². The predicted molar refractivity (Wildman–Crippen MR) is 88.7 cm³/mol. The van der Waals surface area contributed by atoms with Gasteiger partial charge in [0.2, 0.25) is 0 Å². The van der Waals surface area contributed by atoms with Crippen molar-refractivity contribution in [2.24, 2.45) is 0 Å². The fourth-order valence-corrected chi connectivity index (χ4v) is 2.47. The third kappa shape index (κ3) is 3.62. The topological polar surface area (TPSA) is 74.2 Å². The molecule has 0 unspecified atom stereocenters. The number of piperazine rings is 1. The first-order chi connectivity index (χ1) is 11.1. The van der Waals surface area contributed by atoms with E-state index in [0.29, 0.717) is 11.5 Å². The van der Waals surface area contributed by atoms with Gasteiger partial charge in [-0.25, -0.2) is 15.0 Å². The molecule has 1 amide bonds. The van der Waals surface area contributed by atoms with Gasteiger partial charge >= 0.3 is 0 Å². The van der Waals surface area contributed by atoms with Crippen molar-refractivity contribution in [1.29, 1.82) is 0 Å². The second kappa shape index (κ2) is 6.70. The Balaban J connectivity index is 1.74. The van der Waals surface area contributed by atoms with Crippen LogP contribution in [0.3, 0.4) is 0 Å². The molecule has 7 heteroatoms. The van der Waals surface area contributed by atoms with E-state index in [1.165, 1.54) is 6.33 Å². The van der Waals surface area contributed by atoms with E-state index in [9.17, 15) is 4.79 Å². The number of anilines is 2. The van der Waals surface area contributed by atoms with Crippen LogP contribution < -0.4 is 10.2 Å². The fraction of sp³-hybridized carbons (Fsp3) is 0.375. The Morgan fingerprint density at radius 1 is 1.17 bits per heavy atom. The van der Waals surface area contributed by atoms with Crippen molar-refractivity contribution in [1.82, 2.24) is 19.9 Å². The van der Waals surface area contributed by atoms with Crippen molar-refractivity contribution in [2.45, 2.75) is 6.92 Å². The number of pyridine rings is 1. The summed E-state index contributed by atoms with van der Waals surface area (Å²) in [5, 5.41) is 2.80. The van der Waals surface area contributed by atoms with E-state index in [4.69, 9.17) is 0 Å².